The van der Waals surface area contributed by atoms with Crippen molar-refractivity contribution in [1.82, 2.24) is 9.88 Å². The Morgan fingerprint density at radius 2 is 2.26 bits per heavy atom. The number of carbonyl (C=O) groups excluding carboxylic acids is 1. The lowest BCUT2D eigenvalue weighted by Gasteiger charge is -2.33. The summed E-state index contributed by atoms with van der Waals surface area (Å²) in [5.41, 5.74) is 1.71. The van der Waals surface area contributed by atoms with Gasteiger partial charge in [-0.05, 0) is 44.7 Å². The van der Waals surface area contributed by atoms with E-state index in [-0.39, 0.29) is 5.91 Å². The van der Waals surface area contributed by atoms with E-state index in [0.717, 1.165) is 42.9 Å². The number of aryl methyl sites for hydroxylation is 1. The summed E-state index contributed by atoms with van der Waals surface area (Å²) in [7, 11) is 1.83. The van der Waals surface area contributed by atoms with Crippen LogP contribution in [0.4, 0.5) is 5.82 Å². The second kappa shape index (κ2) is 6.04. The van der Waals surface area contributed by atoms with Gasteiger partial charge in [0, 0.05) is 30.9 Å². The molecule has 1 aromatic rings. The number of nitrogens with zero attached hydrogens (tertiary/aromatic N) is 2. The third-order valence-corrected chi connectivity index (χ3v) is 3.81. The first-order valence-corrected chi connectivity index (χ1v) is 7.15. The zero-order valence-electron chi connectivity index (χ0n) is 12.1. The first kappa shape index (κ1) is 13.8. The Bertz CT molecular complexity index is 436. The van der Waals surface area contributed by atoms with Crippen LogP contribution < -0.4 is 5.32 Å². The van der Waals surface area contributed by atoms with Crippen molar-refractivity contribution >= 4 is 11.7 Å². The maximum Gasteiger partial charge on any atom is 0.254 e. The topological polar surface area (TPSA) is 45.2 Å². The van der Waals surface area contributed by atoms with E-state index >= 15 is 0 Å². The van der Waals surface area contributed by atoms with Crippen LogP contribution in [0.25, 0.3) is 0 Å². The lowest BCUT2D eigenvalue weighted by atomic mass is 10.0. The zero-order valence-corrected chi connectivity index (χ0v) is 12.1. The second-order valence-corrected chi connectivity index (χ2v) is 5.18. The van der Waals surface area contributed by atoms with Gasteiger partial charge in [0.05, 0.1) is 0 Å². The maximum absolute atomic E-state index is 12.6. The van der Waals surface area contributed by atoms with Gasteiger partial charge in [0.15, 0.2) is 0 Å². The number of pyridine rings is 1. The van der Waals surface area contributed by atoms with Crippen molar-refractivity contribution in [3.05, 3.63) is 23.4 Å². The molecule has 19 heavy (non-hydrogen) atoms. The molecule has 1 aromatic heterocycles. The van der Waals surface area contributed by atoms with Gasteiger partial charge in [-0.1, -0.05) is 6.92 Å². The monoisotopic (exact) mass is 261 g/mol. The molecule has 1 aliphatic rings. The van der Waals surface area contributed by atoms with Crippen LogP contribution in [0.3, 0.4) is 0 Å². The summed E-state index contributed by atoms with van der Waals surface area (Å²) < 4.78 is 0. The number of amides is 1. The van der Waals surface area contributed by atoms with Gasteiger partial charge in [0.2, 0.25) is 0 Å². The largest absolute Gasteiger partial charge is 0.373 e. The number of nitrogens with one attached hydrogen (secondary N) is 1. The first-order valence-electron chi connectivity index (χ1n) is 7.15. The van der Waals surface area contributed by atoms with Gasteiger partial charge in [-0.2, -0.15) is 0 Å². The predicted molar refractivity (Wildman–Crippen MR) is 77.5 cm³/mol. The fraction of sp³-hybridized carbons (Fsp3) is 0.600. The van der Waals surface area contributed by atoms with Gasteiger partial charge in [-0.15, -0.1) is 0 Å². The molecule has 0 saturated carbocycles. The van der Waals surface area contributed by atoms with Gasteiger partial charge in [-0.25, -0.2) is 4.98 Å². The fourth-order valence-electron chi connectivity index (χ4n) is 2.59. The highest BCUT2D eigenvalue weighted by Crippen LogP contribution is 2.20. The van der Waals surface area contributed by atoms with E-state index in [1.54, 1.807) is 0 Å². The first-order chi connectivity index (χ1) is 9.15. The Morgan fingerprint density at radius 1 is 1.47 bits per heavy atom. The van der Waals surface area contributed by atoms with Gasteiger partial charge < -0.3 is 10.2 Å². The third kappa shape index (κ3) is 3.06. The van der Waals surface area contributed by atoms with Crippen LogP contribution in [0.2, 0.25) is 0 Å². The Balaban J connectivity index is 2.26. The van der Waals surface area contributed by atoms with Gasteiger partial charge in [0.1, 0.15) is 5.82 Å². The van der Waals surface area contributed by atoms with E-state index in [9.17, 15) is 4.79 Å². The molecular formula is C15H23N3O. The molecule has 1 unspecified atom stereocenters. The van der Waals surface area contributed by atoms with Crippen molar-refractivity contribution in [2.75, 3.05) is 18.9 Å². The number of carbonyl (C=O) groups is 1. The molecule has 4 nitrogen and oxygen atoms in total. The maximum atomic E-state index is 12.6. The van der Waals surface area contributed by atoms with Crippen molar-refractivity contribution < 1.29 is 4.79 Å². The van der Waals surface area contributed by atoms with Crippen LogP contribution in [0.15, 0.2) is 12.1 Å². The van der Waals surface area contributed by atoms with Crippen LogP contribution in [-0.4, -0.2) is 35.4 Å². The summed E-state index contributed by atoms with van der Waals surface area (Å²) in [5.74, 6) is 0.910. The van der Waals surface area contributed by atoms with E-state index in [0.29, 0.717) is 6.04 Å². The smallest absolute Gasteiger partial charge is 0.254 e. The highest BCUT2D eigenvalue weighted by molar-refractivity contribution is 5.95. The van der Waals surface area contributed by atoms with Crippen LogP contribution in [0.5, 0.6) is 0 Å². The summed E-state index contributed by atoms with van der Waals surface area (Å²) in [4.78, 5) is 19.0. The quantitative estimate of drug-likeness (QED) is 0.910. The Hall–Kier alpha value is -1.58. The summed E-state index contributed by atoms with van der Waals surface area (Å²) in [5, 5.41) is 3.03. The average Bonchev–Trinajstić information content (AvgIpc) is 2.46. The van der Waals surface area contributed by atoms with Crippen LogP contribution >= 0.6 is 0 Å². The van der Waals surface area contributed by atoms with E-state index in [4.69, 9.17) is 0 Å². The molecule has 0 bridgehead atoms. The number of anilines is 1. The SMILES string of the molecule is CCc1cc(C(=O)N2CCCCC2C)cc(NC)n1. The molecule has 0 radical (unpaired) electrons. The molecule has 2 rings (SSSR count). The number of piperidine rings is 1. The second-order valence-electron chi connectivity index (χ2n) is 5.18. The van der Waals surface area contributed by atoms with Gasteiger partial charge in [-0.3, -0.25) is 4.79 Å². The van der Waals surface area contributed by atoms with Crippen LogP contribution in [0.1, 0.15) is 49.2 Å². The Morgan fingerprint density at radius 3 is 2.89 bits per heavy atom. The zero-order chi connectivity index (χ0) is 13.8. The molecule has 1 fully saturated rings. The molecule has 1 amide bonds. The predicted octanol–water partition coefficient (Wildman–Crippen LogP) is 2.70. The third-order valence-electron chi connectivity index (χ3n) is 3.81. The lowest BCUT2D eigenvalue weighted by Crippen LogP contribution is -2.42. The van der Waals surface area contributed by atoms with E-state index in [1.807, 2.05) is 24.1 Å². The summed E-state index contributed by atoms with van der Waals surface area (Å²) in [6.45, 7) is 5.07. The molecule has 1 saturated heterocycles. The van der Waals surface area contributed by atoms with E-state index < -0.39 is 0 Å². The average molecular weight is 261 g/mol. The highest BCUT2D eigenvalue weighted by atomic mass is 16.2. The molecule has 1 N–H and O–H groups in total. The molecule has 0 aromatic carbocycles. The minimum atomic E-state index is 0.140. The number of hydrogen-bond acceptors (Lipinski definition) is 3. The van der Waals surface area contributed by atoms with Crippen molar-refractivity contribution in [2.24, 2.45) is 0 Å². The molecule has 1 atom stereocenters. The number of likely N-dealkylation sites (tertiary alicyclic amines) is 1. The molecule has 104 valence electrons. The normalized spacial score (nSPS) is 19.3. The van der Waals surface area contributed by atoms with Crippen molar-refractivity contribution in [2.45, 2.75) is 45.6 Å². The standard InChI is InChI=1S/C15H23N3O/c1-4-13-9-12(10-14(16-3)17-13)15(19)18-8-6-5-7-11(18)2/h9-11H,4-8H2,1-3H3,(H,16,17). The summed E-state index contributed by atoms with van der Waals surface area (Å²) in [6.07, 6.45) is 4.28. The number of rotatable bonds is 3. The van der Waals surface area contributed by atoms with Crippen LogP contribution in [0, 0.1) is 0 Å². The van der Waals surface area contributed by atoms with Crippen LogP contribution in [-0.2, 0) is 6.42 Å². The molecule has 4 heteroatoms. The molecule has 2 heterocycles. The Kier molecular flexibility index (Phi) is 4.40. The lowest BCUT2D eigenvalue weighted by molar-refractivity contribution is 0.0635. The summed E-state index contributed by atoms with van der Waals surface area (Å²) >= 11 is 0. The van der Waals surface area contributed by atoms with Crippen molar-refractivity contribution in [3.8, 4) is 0 Å². The molecule has 0 spiro atoms. The minimum absolute atomic E-state index is 0.140. The van der Waals surface area contributed by atoms with Crippen molar-refractivity contribution in [1.29, 1.82) is 0 Å². The van der Waals surface area contributed by atoms with Gasteiger partial charge in [0.25, 0.3) is 5.91 Å². The summed E-state index contributed by atoms with van der Waals surface area (Å²) in [6, 6.07) is 4.12. The van der Waals surface area contributed by atoms with E-state index in [2.05, 4.69) is 24.1 Å². The highest BCUT2D eigenvalue weighted by Gasteiger charge is 2.24. The van der Waals surface area contributed by atoms with Crippen molar-refractivity contribution in [3.63, 3.8) is 0 Å². The molecule has 1 aliphatic heterocycles. The van der Waals surface area contributed by atoms with Gasteiger partial charge >= 0.3 is 0 Å². The van der Waals surface area contributed by atoms with E-state index in [1.165, 1.54) is 6.42 Å². The number of aromatic nitrogens is 1. The Labute approximate surface area is 115 Å². The molecular weight excluding hydrogens is 238 g/mol. The fourth-order valence-corrected chi connectivity index (χ4v) is 2.59. The number of hydrogen-bond donors (Lipinski definition) is 1. The minimum Gasteiger partial charge on any atom is -0.373 e. The molecule has 0 aliphatic carbocycles.